The van der Waals surface area contributed by atoms with Gasteiger partial charge in [0.25, 0.3) is 0 Å². The first-order valence-electron chi connectivity index (χ1n) is 6.71. The smallest absolute Gasteiger partial charge is 0.0412 e. The minimum absolute atomic E-state index is 0.773. The van der Waals surface area contributed by atoms with Crippen molar-refractivity contribution in [2.45, 2.75) is 33.2 Å². The fraction of sp³-hybridized carbons (Fsp3) is 0.600. The van der Waals surface area contributed by atoms with Crippen LogP contribution in [0, 0.1) is 5.92 Å². The van der Waals surface area contributed by atoms with Gasteiger partial charge in [-0.2, -0.15) is 0 Å². The molecule has 1 heterocycles. The average Bonchev–Trinajstić information content (AvgIpc) is 2.35. The van der Waals surface area contributed by atoms with Crippen molar-refractivity contribution in [2.24, 2.45) is 5.92 Å². The van der Waals surface area contributed by atoms with Crippen molar-refractivity contribution in [3.8, 4) is 0 Å². The highest BCUT2D eigenvalue weighted by Crippen LogP contribution is 2.26. The Morgan fingerprint density at radius 1 is 1.35 bits per heavy atom. The summed E-state index contributed by atoms with van der Waals surface area (Å²) in [6.45, 7) is 7.86. The summed E-state index contributed by atoms with van der Waals surface area (Å²) in [6, 6.07) is 6.73. The number of nitrogens with zero attached hydrogens (tertiary/aromatic N) is 1. The van der Waals surface area contributed by atoms with Crippen LogP contribution in [0.15, 0.2) is 18.2 Å². The third-order valence-electron chi connectivity index (χ3n) is 3.57. The highest BCUT2D eigenvalue weighted by atomic mass is 15.1. The van der Waals surface area contributed by atoms with E-state index in [1.54, 1.807) is 0 Å². The van der Waals surface area contributed by atoms with E-state index >= 15 is 0 Å². The molecule has 1 aliphatic heterocycles. The fourth-order valence-electron chi connectivity index (χ4n) is 2.43. The molecule has 94 valence electrons. The van der Waals surface area contributed by atoms with Gasteiger partial charge in [0.2, 0.25) is 0 Å². The molecule has 1 aromatic rings. The molecule has 1 aliphatic rings. The first-order valence-corrected chi connectivity index (χ1v) is 6.71. The van der Waals surface area contributed by atoms with Crippen LogP contribution in [0.25, 0.3) is 0 Å². The average molecular weight is 232 g/mol. The van der Waals surface area contributed by atoms with Crippen molar-refractivity contribution in [3.05, 3.63) is 29.3 Å². The lowest BCUT2D eigenvalue weighted by Gasteiger charge is -2.27. The Labute approximate surface area is 105 Å². The van der Waals surface area contributed by atoms with Crippen molar-refractivity contribution in [1.82, 2.24) is 5.32 Å². The molecule has 0 unspecified atom stereocenters. The second-order valence-electron chi connectivity index (χ2n) is 5.45. The molecule has 0 radical (unpaired) electrons. The van der Waals surface area contributed by atoms with Crippen molar-refractivity contribution < 1.29 is 0 Å². The molecule has 2 nitrogen and oxygen atoms in total. The second-order valence-corrected chi connectivity index (χ2v) is 5.45. The number of anilines is 1. The van der Waals surface area contributed by atoms with Crippen LogP contribution < -0.4 is 10.2 Å². The molecule has 2 heteroatoms. The van der Waals surface area contributed by atoms with Gasteiger partial charge in [-0.25, -0.2) is 0 Å². The van der Waals surface area contributed by atoms with Gasteiger partial charge in [-0.15, -0.1) is 0 Å². The molecule has 17 heavy (non-hydrogen) atoms. The van der Waals surface area contributed by atoms with Gasteiger partial charge < -0.3 is 10.2 Å². The first-order chi connectivity index (χ1) is 8.18. The predicted octanol–water partition coefficient (Wildman–Crippen LogP) is 2.81. The molecular weight excluding hydrogens is 208 g/mol. The standard InChI is InChI=1S/C15H24N2/c1-12(2)8-10-17(3)15-6-4-5-13-7-9-16-11-14(13)15/h4-6,12,16H,7-11H2,1-3H3. The van der Waals surface area contributed by atoms with Crippen LogP contribution in [-0.4, -0.2) is 20.1 Å². The lowest BCUT2D eigenvalue weighted by atomic mass is 9.98. The Balaban J connectivity index is 2.14. The van der Waals surface area contributed by atoms with Gasteiger partial charge in [0.05, 0.1) is 0 Å². The van der Waals surface area contributed by atoms with E-state index in [2.05, 4.69) is 49.3 Å². The summed E-state index contributed by atoms with van der Waals surface area (Å²) in [5, 5.41) is 3.47. The molecule has 0 aliphatic carbocycles. The third-order valence-corrected chi connectivity index (χ3v) is 3.57. The van der Waals surface area contributed by atoms with Gasteiger partial charge in [0, 0.05) is 25.8 Å². The Kier molecular flexibility index (Phi) is 4.06. The van der Waals surface area contributed by atoms with Gasteiger partial charge in [0.15, 0.2) is 0 Å². The van der Waals surface area contributed by atoms with Crippen molar-refractivity contribution in [3.63, 3.8) is 0 Å². The quantitative estimate of drug-likeness (QED) is 0.858. The van der Waals surface area contributed by atoms with Crippen LogP contribution in [0.5, 0.6) is 0 Å². The van der Waals surface area contributed by atoms with Gasteiger partial charge in [-0.3, -0.25) is 0 Å². The Hall–Kier alpha value is -1.02. The largest absolute Gasteiger partial charge is 0.374 e. The molecule has 0 atom stereocenters. The Morgan fingerprint density at radius 3 is 2.94 bits per heavy atom. The summed E-state index contributed by atoms with van der Waals surface area (Å²) in [6.07, 6.45) is 2.43. The zero-order valence-corrected chi connectivity index (χ0v) is 11.3. The lowest BCUT2D eigenvalue weighted by molar-refractivity contribution is 0.582. The minimum atomic E-state index is 0.773. The summed E-state index contributed by atoms with van der Waals surface area (Å²) in [5.41, 5.74) is 4.44. The van der Waals surface area contributed by atoms with Gasteiger partial charge >= 0.3 is 0 Å². The Morgan fingerprint density at radius 2 is 2.18 bits per heavy atom. The minimum Gasteiger partial charge on any atom is -0.374 e. The highest BCUT2D eigenvalue weighted by Gasteiger charge is 2.14. The zero-order chi connectivity index (χ0) is 12.3. The van der Waals surface area contributed by atoms with Crippen LogP contribution in [0.3, 0.4) is 0 Å². The maximum atomic E-state index is 3.47. The summed E-state index contributed by atoms with van der Waals surface area (Å²) in [5.74, 6) is 0.773. The molecule has 1 aromatic carbocycles. The number of rotatable bonds is 4. The maximum Gasteiger partial charge on any atom is 0.0412 e. The van der Waals surface area contributed by atoms with E-state index in [1.165, 1.54) is 29.7 Å². The van der Waals surface area contributed by atoms with Crippen LogP contribution in [0.2, 0.25) is 0 Å². The molecule has 0 spiro atoms. The predicted molar refractivity (Wildman–Crippen MR) is 74.6 cm³/mol. The number of hydrogen-bond acceptors (Lipinski definition) is 2. The maximum absolute atomic E-state index is 3.47. The normalized spacial score (nSPS) is 14.8. The molecule has 0 amide bonds. The van der Waals surface area contributed by atoms with Crippen molar-refractivity contribution >= 4 is 5.69 Å². The van der Waals surface area contributed by atoms with E-state index in [0.29, 0.717) is 0 Å². The zero-order valence-electron chi connectivity index (χ0n) is 11.3. The fourth-order valence-corrected chi connectivity index (χ4v) is 2.43. The molecule has 0 aromatic heterocycles. The second kappa shape index (κ2) is 5.54. The van der Waals surface area contributed by atoms with Crippen molar-refractivity contribution in [2.75, 3.05) is 25.0 Å². The summed E-state index contributed by atoms with van der Waals surface area (Å²) in [4.78, 5) is 2.41. The van der Waals surface area contributed by atoms with E-state index in [9.17, 15) is 0 Å². The Bertz CT molecular complexity index is 371. The third kappa shape index (κ3) is 3.01. The lowest BCUT2D eigenvalue weighted by Crippen LogP contribution is -2.28. The summed E-state index contributed by atoms with van der Waals surface area (Å²) in [7, 11) is 2.21. The van der Waals surface area contributed by atoms with E-state index in [4.69, 9.17) is 0 Å². The van der Waals surface area contributed by atoms with Gasteiger partial charge in [0.1, 0.15) is 0 Å². The van der Waals surface area contributed by atoms with E-state index < -0.39 is 0 Å². The molecule has 2 rings (SSSR count). The van der Waals surface area contributed by atoms with Crippen LogP contribution >= 0.6 is 0 Å². The van der Waals surface area contributed by atoms with Crippen molar-refractivity contribution in [1.29, 1.82) is 0 Å². The molecule has 0 saturated heterocycles. The topological polar surface area (TPSA) is 15.3 Å². The molecule has 0 saturated carbocycles. The number of benzene rings is 1. The van der Waals surface area contributed by atoms with Gasteiger partial charge in [-0.05, 0) is 42.5 Å². The molecule has 0 fully saturated rings. The number of fused-ring (bicyclic) bond motifs is 1. The summed E-state index contributed by atoms with van der Waals surface area (Å²) < 4.78 is 0. The number of hydrogen-bond donors (Lipinski definition) is 1. The van der Waals surface area contributed by atoms with Gasteiger partial charge in [-0.1, -0.05) is 26.0 Å². The van der Waals surface area contributed by atoms with Crippen LogP contribution in [0.1, 0.15) is 31.4 Å². The molecular formula is C15H24N2. The first kappa shape index (κ1) is 12.4. The SMILES string of the molecule is CC(C)CCN(C)c1cccc2c1CNCC2. The van der Waals surface area contributed by atoms with E-state index in [1.807, 2.05) is 0 Å². The monoisotopic (exact) mass is 232 g/mol. The molecule has 1 N–H and O–H groups in total. The van der Waals surface area contributed by atoms with Crippen LogP contribution in [-0.2, 0) is 13.0 Å². The van der Waals surface area contributed by atoms with E-state index in [0.717, 1.165) is 25.6 Å². The van der Waals surface area contributed by atoms with Crippen LogP contribution in [0.4, 0.5) is 5.69 Å². The number of nitrogens with one attached hydrogen (secondary N) is 1. The summed E-state index contributed by atoms with van der Waals surface area (Å²) >= 11 is 0. The van der Waals surface area contributed by atoms with E-state index in [-0.39, 0.29) is 0 Å². The molecule has 0 bridgehead atoms. The highest BCUT2D eigenvalue weighted by molar-refractivity contribution is 5.57.